The van der Waals surface area contributed by atoms with Crippen LogP contribution in [0.4, 0.5) is 5.69 Å². The Balaban J connectivity index is 1.74. The van der Waals surface area contributed by atoms with Gasteiger partial charge < -0.3 is 10.1 Å². The molecule has 0 spiro atoms. The van der Waals surface area contributed by atoms with Crippen LogP contribution in [-0.2, 0) is 21.9 Å². The number of nitrogens with one attached hydrogen (secondary N) is 1. The molecule has 2 aromatic heterocycles. The maximum atomic E-state index is 12.3. The molecule has 29 heavy (non-hydrogen) atoms. The fourth-order valence-corrected chi connectivity index (χ4v) is 3.87. The number of benzene rings is 1. The SMILES string of the molecule is Cc1cc(C)c2c(OCC(=O)Nc3cccc(S(=O)(=O)N(C)C)c3)nn(C)c2n1. The second-order valence-corrected chi connectivity index (χ2v) is 9.01. The van der Waals surface area contributed by atoms with Crippen LogP contribution >= 0.6 is 0 Å². The largest absolute Gasteiger partial charge is 0.466 e. The van der Waals surface area contributed by atoms with Crippen molar-refractivity contribution < 1.29 is 17.9 Å². The summed E-state index contributed by atoms with van der Waals surface area (Å²) in [4.78, 5) is 16.9. The minimum absolute atomic E-state index is 0.0917. The van der Waals surface area contributed by atoms with E-state index in [2.05, 4.69) is 15.4 Å². The van der Waals surface area contributed by atoms with Gasteiger partial charge >= 0.3 is 0 Å². The molecule has 10 heteroatoms. The Morgan fingerprint density at radius 2 is 1.97 bits per heavy atom. The first kappa shape index (κ1) is 20.7. The van der Waals surface area contributed by atoms with Crippen LogP contribution in [0.2, 0.25) is 0 Å². The van der Waals surface area contributed by atoms with Gasteiger partial charge in [-0.15, -0.1) is 5.10 Å². The highest BCUT2D eigenvalue weighted by Crippen LogP contribution is 2.27. The molecule has 0 saturated heterocycles. The minimum atomic E-state index is -3.59. The van der Waals surface area contributed by atoms with Gasteiger partial charge in [0.1, 0.15) is 0 Å². The van der Waals surface area contributed by atoms with Crippen LogP contribution in [0.5, 0.6) is 5.88 Å². The van der Waals surface area contributed by atoms with Crippen LogP contribution < -0.4 is 10.1 Å². The van der Waals surface area contributed by atoms with Crippen molar-refractivity contribution in [3.05, 3.63) is 41.6 Å². The molecule has 0 radical (unpaired) electrons. The van der Waals surface area contributed by atoms with Gasteiger partial charge in [-0.05, 0) is 43.7 Å². The first-order valence-electron chi connectivity index (χ1n) is 8.86. The molecular weight excluding hydrogens is 394 g/mol. The number of aryl methyl sites for hydroxylation is 3. The smallest absolute Gasteiger partial charge is 0.262 e. The van der Waals surface area contributed by atoms with Gasteiger partial charge in [-0.2, -0.15) is 0 Å². The van der Waals surface area contributed by atoms with Crippen molar-refractivity contribution in [1.29, 1.82) is 0 Å². The van der Waals surface area contributed by atoms with E-state index in [-0.39, 0.29) is 11.5 Å². The minimum Gasteiger partial charge on any atom is -0.466 e. The number of carbonyl (C=O) groups excluding carboxylic acids is 1. The molecule has 3 aromatic rings. The summed E-state index contributed by atoms with van der Waals surface area (Å²) >= 11 is 0. The highest BCUT2D eigenvalue weighted by atomic mass is 32.2. The van der Waals surface area contributed by atoms with Gasteiger partial charge in [-0.1, -0.05) is 6.07 Å². The summed E-state index contributed by atoms with van der Waals surface area (Å²) in [5.41, 5.74) is 2.87. The van der Waals surface area contributed by atoms with Gasteiger partial charge in [0.15, 0.2) is 12.3 Å². The Morgan fingerprint density at radius 3 is 2.66 bits per heavy atom. The molecule has 9 nitrogen and oxygen atoms in total. The van der Waals surface area contributed by atoms with Gasteiger partial charge in [0, 0.05) is 32.5 Å². The first-order valence-corrected chi connectivity index (χ1v) is 10.3. The van der Waals surface area contributed by atoms with Gasteiger partial charge in [0.25, 0.3) is 5.91 Å². The quantitative estimate of drug-likeness (QED) is 0.656. The van der Waals surface area contributed by atoms with Crippen molar-refractivity contribution in [2.45, 2.75) is 18.7 Å². The molecule has 0 bridgehead atoms. The van der Waals surface area contributed by atoms with Crippen LogP contribution in [0.3, 0.4) is 0 Å². The molecule has 1 aromatic carbocycles. The molecule has 0 unspecified atom stereocenters. The number of nitrogens with zero attached hydrogens (tertiary/aromatic N) is 4. The second-order valence-electron chi connectivity index (χ2n) is 6.86. The van der Waals surface area contributed by atoms with Crippen LogP contribution in [0, 0.1) is 13.8 Å². The molecule has 0 aliphatic rings. The fourth-order valence-electron chi connectivity index (χ4n) is 2.93. The molecular formula is C19H23N5O4S. The highest BCUT2D eigenvalue weighted by Gasteiger charge is 2.18. The summed E-state index contributed by atoms with van der Waals surface area (Å²) in [6.45, 7) is 3.56. The fraction of sp³-hybridized carbons (Fsp3) is 0.316. The summed E-state index contributed by atoms with van der Waals surface area (Å²) in [5.74, 6) is -0.104. The third kappa shape index (κ3) is 4.22. The van der Waals surface area contributed by atoms with E-state index in [1.165, 1.54) is 26.2 Å². The van der Waals surface area contributed by atoms with Crippen molar-refractivity contribution >= 4 is 32.7 Å². The van der Waals surface area contributed by atoms with E-state index in [1.807, 2.05) is 19.9 Å². The summed E-state index contributed by atoms with van der Waals surface area (Å²) < 4.78 is 32.8. The topological polar surface area (TPSA) is 106 Å². The molecule has 154 valence electrons. The maximum Gasteiger partial charge on any atom is 0.262 e. The standard InChI is InChI=1S/C19H23N5O4S/c1-12-9-13(2)20-18-17(12)19(22-24(18)5)28-11-16(25)21-14-7-6-8-15(10-14)29(26,27)23(3)4/h6-10H,11H2,1-5H3,(H,21,25). The van der Waals surface area contributed by atoms with Crippen molar-refractivity contribution in [1.82, 2.24) is 19.1 Å². The third-order valence-electron chi connectivity index (χ3n) is 4.32. The van der Waals surface area contributed by atoms with E-state index < -0.39 is 15.9 Å². The Kier molecular flexibility index (Phi) is 5.58. The van der Waals surface area contributed by atoms with Crippen molar-refractivity contribution in [3.8, 4) is 5.88 Å². The van der Waals surface area contributed by atoms with Crippen molar-refractivity contribution in [2.24, 2.45) is 7.05 Å². The number of pyridine rings is 1. The summed E-state index contributed by atoms with van der Waals surface area (Å²) in [6.07, 6.45) is 0. The molecule has 0 atom stereocenters. The predicted octanol–water partition coefficient (Wildman–Crippen LogP) is 1.85. The van der Waals surface area contributed by atoms with Gasteiger partial charge in [0.05, 0.1) is 10.3 Å². The van der Waals surface area contributed by atoms with E-state index in [9.17, 15) is 13.2 Å². The number of amides is 1. The second kappa shape index (κ2) is 7.80. The molecule has 2 heterocycles. The number of hydrogen-bond donors (Lipinski definition) is 1. The van der Waals surface area contributed by atoms with Gasteiger partial charge in [0.2, 0.25) is 15.9 Å². The molecule has 3 rings (SSSR count). The zero-order valence-corrected chi connectivity index (χ0v) is 17.7. The zero-order valence-electron chi connectivity index (χ0n) is 16.9. The molecule has 0 aliphatic carbocycles. The Hall–Kier alpha value is -2.98. The predicted molar refractivity (Wildman–Crippen MR) is 109 cm³/mol. The number of sulfonamides is 1. The lowest BCUT2D eigenvalue weighted by molar-refractivity contribution is -0.118. The average molecular weight is 417 g/mol. The Labute approximate surface area is 169 Å². The Bertz CT molecular complexity index is 1180. The number of fused-ring (bicyclic) bond motifs is 1. The molecule has 0 saturated carbocycles. The molecule has 0 fully saturated rings. The lowest BCUT2D eigenvalue weighted by Gasteiger charge is -2.12. The number of carbonyl (C=O) groups is 1. The van der Waals surface area contributed by atoms with Crippen LogP contribution in [0.15, 0.2) is 35.2 Å². The number of ether oxygens (including phenoxy) is 1. The number of aromatic nitrogens is 3. The number of hydrogen-bond acceptors (Lipinski definition) is 6. The molecule has 0 aliphatic heterocycles. The summed E-state index contributed by atoms with van der Waals surface area (Å²) in [6, 6.07) is 7.98. The van der Waals surface area contributed by atoms with E-state index in [4.69, 9.17) is 4.74 Å². The lowest BCUT2D eigenvalue weighted by atomic mass is 10.2. The van der Waals surface area contributed by atoms with Crippen LogP contribution in [0.25, 0.3) is 11.0 Å². The highest BCUT2D eigenvalue weighted by molar-refractivity contribution is 7.89. The Morgan fingerprint density at radius 1 is 1.24 bits per heavy atom. The maximum absolute atomic E-state index is 12.3. The first-order chi connectivity index (χ1) is 13.6. The number of rotatable bonds is 6. The van der Waals surface area contributed by atoms with Gasteiger partial charge in [-0.3, -0.25) is 4.79 Å². The lowest BCUT2D eigenvalue weighted by Crippen LogP contribution is -2.23. The van der Waals surface area contributed by atoms with Crippen molar-refractivity contribution in [2.75, 3.05) is 26.0 Å². The summed E-state index contributed by atoms with van der Waals surface area (Å²) in [7, 11) is 1.07. The van der Waals surface area contributed by atoms with Crippen LogP contribution in [0.1, 0.15) is 11.3 Å². The summed E-state index contributed by atoms with van der Waals surface area (Å²) in [5, 5.41) is 7.70. The zero-order chi connectivity index (χ0) is 21.3. The van der Waals surface area contributed by atoms with E-state index in [1.54, 1.807) is 23.9 Å². The molecule has 1 N–H and O–H groups in total. The van der Waals surface area contributed by atoms with E-state index in [0.717, 1.165) is 20.9 Å². The van der Waals surface area contributed by atoms with E-state index in [0.29, 0.717) is 17.2 Å². The molecule has 1 amide bonds. The number of anilines is 1. The average Bonchev–Trinajstić information content (AvgIpc) is 2.96. The van der Waals surface area contributed by atoms with Crippen molar-refractivity contribution in [3.63, 3.8) is 0 Å². The van der Waals surface area contributed by atoms with E-state index >= 15 is 0 Å². The third-order valence-corrected chi connectivity index (χ3v) is 6.13. The van der Waals surface area contributed by atoms with Crippen LogP contribution in [-0.4, -0.2) is 54.1 Å². The normalized spacial score (nSPS) is 11.8. The van der Waals surface area contributed by atoms with Gasteiger partial charge in [-0.25, -0.2) is 22.4 Å². The monoisotopic (exact) mass is 417 g/mol.